The number of nitrogens with zero attached hydrogens (tertiary/aromatic N) is 4. The van der Waals surface area contributed by atoms with Gasteiger partial charge in [-0.3, -0.25) is 4.79 Å². The molecule has 4 N–H and O–H groups in total. The summed E-state index contributed by atoms with van der Waals surface area (Å²) in [5.74, 6) is 1.28. The summed E-state index contributed by atoms with van der Waals surface area (Å²) >= 11 is 0. The van der Waals surface area contributed by atoms with Crippen molar-refractivity contribution in [3.05, 3.63) is 54.9 Å². The van der Waals surface area contributed by atoms with Crippen LogP contribution in [0.2, 0.25) is 0 Å². The van der Waals surface area contributed by atoms with Gasteiger partial charge >= 0.3 is 0 Å². The SMILES string of the molecule is CC(=O)N(C)c1ccc(Nc2ccc(Nc3nc(NC4CCC4)c4[nH]cnc4n3)cc2)cc1. The van der Waals surface area contributed by atoms with Crippen LogP contribution in [0.15, 0.2) is 54.9 Å². The molecule has 2 aromatic carbocycles. The number of H-pyrrole nitrogens is 1. The first-order chi connectivity index (χ1) is 16.0. The van der Waals surface area contributed by atoms with Crippen molar-refractivity contribution in [3.8, 4) is 0 Å². The van der Waals surface area contributed by atoms with Gasteiger partial charge in [-0.1, -0.05) is 0 Å². The number of aromatic amines is 1. The van der Waals surface area contributed by atoms with E-state index in [1.54, 1.807) is 25.2 Å². The van der Waals surface area contributed by atoms with Crippen LogP contribution in [-0.2, 0) is 4.79 Å². The molecule has 33 heavy (non-hydrogen) atoms. The topological polar surface area (TPSA) is 111 Å². The molecule has 1 fully saturated rings. The first kappa shape index (κ1) is 20.7. The van der Waals surface area contributed by atoms with Crippen molar-refractivity contribution in [2.24, 2.45) is 0 Å². The summed E-state index contributed by atoms with van der Waals surface area (Å²) in [7, 11) is 1.76. The second-order valence-electron chi connectivity index (χ2n) is 8.22. The Bertz CT molecular complexity index is 1260. The molecule has 0 saturated heterocycles. The van der Waals surface area contributed by atoms with Gasteiger partial charge in [0.2, 0.25) is 11.9 Å². The van der Waals surface area contributed by atoms with Crippen LogP contribution in [0, 0.1) is 0 Å². The number of carbonyl (C=O) groups excluding carboxylic acids is 1. The van der Waals surface area contributed by atoms with Gasteiger partial charge < -0.3 is 25.8 Å². The lowest BCUT2D eigenvalue weighted by atomic mass is 9.93. The van der Waals surface area contributed by atoms with E-state index in [9.17, 15) is 4.79 Å². The molecule has 0 atom stereocenters. The van der Waals surface area contributed by atoms with E-state index in [0.29, 0.717) is 17.6 Å². The Morgan fingerprint density at radius 3 is 2.21 bits per heavy atom. The third-order valence-corrected chi connectivity index (χ3v) is 5.89. The Hall–Kier alpha value is -4.14. The van der Waals surface area contributed by atoms with Crippen molar-refractivity contribution in [1.29, 1.82) is 0 Å². The molecule has 168 valence electrons. The van der Waals surface area contributed by atoms with E-state index in [-0.39, 0.29) is 5.91 Å². The minimum Gasteiger partial charge on any atom is -0.365 e. The molecule has 1 saturated carbocycles. The second-order valence-corrected chi connectivity index (χ2v) is 8.22. The Morgan fingerprint density at radius 1 is 0.970 bits per heavy atom. The van der Waals surface area contributed by atoms with Crippen molar-refractivity contribution in [2.45, 2.75) is 32.2 Å². The smallest absolute Gasteiger partial charge is 0.231 e. The number of benzene rings is 2. The fourth-order valence-corrected chi connectivity index (χ4v) is 3.62. The lowest BCUT2D eigenvalue weighted by Crippen LogP contribution is -2.27. The van der Waals surface area contributed by atoms with Gasteiger partial charge in [-0.15, -0.1) is 0 Å². The molecular weight excluding hydrogens is 416 g/mol. The lowest BCUT2D eigenvalue weighted by Gasteiger charge is -2.27. The molecule has 0 aliphatic heterocycles. The van der Waals surface area contributed by atoms with Crippen molar-refractivity contribution in [1.82, 2.24) is 19.9 Å². The fraction of sp³-hybridized carbons (Fsp3) is 0.250. The van der Waals surface area contributed by atoms with Crippen LogP contribution >= 0.6 is 0 Å². The molecular formula is C24H26N8O. The summed E-state index contributed by atoms with van der Waals surface area (Å²) in [5, 5.41) is 10.1. The van der Waals surface area contributed by atoms with Crippen molar-refractivity contribution in [2.75, 3.05) is 27.9 Å². The minimum atomic E-state index is 0.000143. The molecule has 2 heterocycles. The minimum absolute atomic E-state index is 0.000143. The van der Waals surface area contributed by atoms with Crippen LogP contribution in [0.1, 0.15) is 26.2 Å². The summed E-state index contributed by atoms with van der Waals surface area (Å²) in [6.07, 6.45) is 5.21. The van der Waals surface area contributed by atoms with Crippen LogP contribution in [0.4, 0.5) is 34.5 Å². The van der Waals surface area contributed by atoms with Gasteiger partial charge in [0, 0.05) is 42.8 Å². The standard InChI is InChI=1S/C24H26N8O/c1-15(33)32(2)20-12-10-18(11-13-20)27-17-6-8-19(9-7-17)29-24-30-22-21(25-14-26-22)23(31-24)28-16-4-3-5-16/h6-14,16,27H,3-5H2,1-2H3,(H3,25,26,28,29,30,31). The Labute approximate surface area is 191 Å². The Balaban J connectivity index is 1.27. The molecule has 4 aromatic rings. The number of aromatic nitrogens is 4. The van der Waals surface area contributed by atoms with E-state index in [4.69, 9.17) is 0 Å². The molecule has 1 amide bonds. The van der Waals surface area contributed by atoms with E-state index in [2.05, 4.69) is 35.9 Å². The molecule has 9 heteroatoms. The summed E-state index contributed by atoms with van der Waals surface area (Å²) in [6, 6.07) is 16.1. The molecule has 2 aromatic heterocycles. The van der Waals surface area contributed by atoms with E-state index in [0.717, 1.165) is 46.9 Å². The van der Waals surface area contributed by atoms with Gasteiger partial charge in [0.1, 0.15) is 5.52 Å². The fourth-order valence-electron chi connectivity index (χ4n) is 3.62. The van der Waals surface area contributed by atoms with Crippen LogP contribution in [0.3, 0.4) is 0 Å². The average Bonchev–Trinajstić information content (AvgIpc) is 3.26. The zero-order valence-corrected chi connectivity index (χ0v) is 18.6. The van der Waals surface area contributed by atoms with E-state index in [1.165, 1.54) is 6.42 Å². The third-order valence-electron chi connectivity index (χ3n) is 5.89. The number of hydrogen-bond donors (Lipinski definition) is 4. The summed E-state index contributed by atoms with van der Waals surface area (Å²) in [4.78, 5) is 29.7. The monoisotopic (exact) mass is 442 g/mol. The van der Waals surface area contributed by atoms with Crippen LogP contribution in [-0.4, -0.2) is 38.9 Å². The van der Waals surface area contributed by atoms with Gasteiger partial charge in [0.05, 0.1) is 6.33 Å². The Morgan fingerprint density at radius 2 is 1.61 bits per heavy atom. The normalized spacial score (nSPS) is 13.4. The maximum atomic E-state index is 11.5. The zero-order valence-electron chi connectivity index (χ0n) is 18.6. The summed E-state index contributed by atoms with van der Waals surface area (Å²) < 4.78 is 0. The molecule has 0 unspecified atom stereocenters. The second kappa shape index (κ2) is 8.78. The van der Waals surface area contributed by atoms with E-state index < -0.39 is 0 Å². The number of amides is 1. The highest BCUT2D eigenvalue weighted by Crippen LogP contribution is 2.27. The lowest BCUT2D eigenvalue weighted by molar-refractivity contribution is -0.116. The van der Waals surface area contributed by atoms with Gasteiger partial charge in [-0.2, -0.15) is 9.97 Å². The molecule has 0 spiro atoms. The maximum absolute atomic E-state index is 11.5. The number of hydrogen-bond acceptors (Lipinski definition) is 7. The van der Waals surface area contributed by atoms with Crippen LogP contribution in [0.5, 0.6) is 0 Å². The zero-order chi connectivity index (χ0) is 22.8. The van der Waals surface area contributed by atoms with Gasteiger partial charge in [-0.05, 0) is 67.8 Å². The van der Waals surface area contributed by atoms with Crippen molar-refractivity contribution in [3.63, 3.8) is 0 Å². The first-order valence-electron chi connectivity index (χ1n) is 11.0. The molecule has 1 aliphatic rings. The number of anilines is 6. The quantitative estimate of drug-likeness (QED) is 0.326. The first-order valence-corrected chi connectivity index (χ1v) is 11.0. The number of carbonyl (C=O) groups is 1. The van der Waals surface area contributed by atoms with Crippen LogP contribution < -0.4 is 20.9 Å². The summed E-state index contributed by atoms with van der Waals surface area (Å²) in [5.41, 5.74) is 5.08. The average molecular weight is 443 g/mol. The number of rotatable bonds is 7. The Kier molecular flexibility index (Phi) is 5.52. The highest BCUT2D eigenvalue weighted by molar-refractivity contribution is 5.91. The predicted octanol–water partition coefficient (Wildman–Crippen LogP) is 4.79. The van der Waals surface area contributed by atoms with Crippen LogP contribution in [0.25, 0.3) is 11.2 Å². The predicted molar refractivity (Wildman–Crippen MR) is 131 cm³/mol. The molecule has 0 radical (unpaired) electrons. The highest BCUT2D eigenvalue weighted by Gasteiger charge is 2.20. The third kappa shape index (κ3) is 4.57. The molecule has 1 aliphatic carbocycles. The molecule has 9 nitrogen and oxygen atoms in total. The van der Waals surface area contributed by atoms with Gasteiger partial charge in [0.15, 0.2) is 11.5 Å². The van der Waals surface area contributed by atoms with E-state index >= 15 is 0 Å². The molecule has 5 rings (SSSR count). The maximum Gasteiger partial charge on any atom is 0.231 e. The van der Waals surface area contributed by atoms with Crippen molar-refractivity contribution < 1.29 is 4.79 Å². The number of imidazole rings is 1. The number of fused-ring (bicyclic) bond motifs is 1. The highest BCUT2D eigenvalue weighted by atomic mass is 16.2. The van der Waals surface area contributed by atoms with Gasteiger partial charge in [-0.25, -0.2) is 4.98 Å². The summed E-state index contributed by atoms with van der Waals surface area (Å²) in [6.45, 7) is 1.55. The van der Waals surface area contributed by atoms with Gasteiger partial charge in [0.25, 0.3) is 0 Å². The largest absolute Gasteiger partial charge is 0.365 e. The van der Waals surface area contributed by atoms with E-state index in [1.807, 2.05) is 48.5 Å². The van der Waals surface area contributed by atoms with Crippen molar-refractivity contribution >= 4 is 51.6 Å². The number of nitrogens with one attached hydrogen (secondary N) is 4. The molecule has 0 bridgehead atoms.